The van der Waals surface area contributed by atoms with Crippen molar-refractivity contribution in [2.24, 2.45) is 0 Å². The van der Waals surface area contributed by atoms with Crippen LogP contribution in [0, 0.1) is 0 Å². The number of sulfonamides is 1. The number of halogens is 2. The van der Waals surface area contributed by atoms with Crippen molar-refractivity contribution in [2.45, 2.75) is 33.1 Å². The minimum atomic E-state index is -3.56. The van der Waals surface area contributed by atoms with Gasteiger partial charge in [0.25, 0.3) is 0 Å². The fourth-order valence-electron chi connectivity index (χ4n) is 2.40. The van der Waals surface area contributed by atoms with E-state index in [-0.39, 0.29) is 23.9 Å². The molecule has 0 radical (unpaired) electrons. The van der Waals surface area contributed by atoms with Gasteiger partial charge < -0.3 is 4.90 Å². The average molecular weight is 395 g/mol. The molecule has 0 atom stereocenters. The number of anilines is 1. The highest BCUT2D eigenvalue weighted by atomic mass is 35.5. The standard InChI is InChI=1S/C16H24Cl2N2O3S/c1-4-9-19(10-5-2)16(21)8-11-20(24(3,22)23)15-7-6-13(17)12-14(15)18/h6-7,12H,4-5,8-11H2,1-3H3. The Morgan fingerprint density at radius 2 is 1.67 bits per heavy atom. The summed E-state index contributed by atoms with van der Waals surface area (Å²) in [6, 6.07) is 4.61. The fraction of sp³-hybridized carbons (Fsp3) is 0.562. The summed E-state index contributed by atoms with van der Waals surface area (Å²) >= 11 is 12.0. The summed E-state index contributed by atoms with van der Waals surface area (Å²) in [5.41, 5.74) is 0.328. The van der Waals surface area contributed by atoms with Crippen LogP contribution in [0.5, 0.6) is 0 Å². The molecule has 5 nitrogen and oxygen atoms in total. The molecular weight excluding hydrogens is 371 g/mol. The Kier molecular flexibility index (Phi) is 8.33. The van der Waals surface area contributed by atoms with Crippen LogP contribution in [0.3, 0.4) is 0 Å². The Bertz CT molecular complexity index is 659. The molecule has 136 valence electrons. The molecule has 1 aromatic carbocycles. The summed E-state index contributed by atoms with van der Waals surface area (Å²) in [6.45, 7) is 5.40. The molecule has 1 rings (SSSR count). The zero-order valence-electron chi connectivity index (χ0n) is 14.3. The highest BCUT2D eigenvalue weighted by Gasteiger charge is 2.22. The summed E-state index contributed by atoms with van der Waals surface area (Å²) in [7, 11) is -3.56. The van der Waals surface area contributed by atoms with Crippen molar-refractivity contribution in [3.05, 3.63) is 28.2 Å². The van der Waals surface area contributed by atoms with Gasteiger partial charge in [0.1, 0.15) is 0 Å². The van der Waals surface area contributed by atoms with Crippen molar-refractivity contribution in [3.8, 4) is 0 Å². The van der Waals surface area contributed by atoms with Crippen molar-refractivity contribution >= 4 is 44.8 Å². The highest BCUT2D eigenvalue weighted by molar-refractivity contribution is 7.92. The Hall–Kier alpha value is -0.980. The molecule has 0 heterocycles. The number of carbonyl (C=O) groups is 1. The van der Waals surface area contributed by atoms with Gasteiger partial charge in [-0.25, -0.2) is 8.42 Å². The molecule has 8 heteroatoms. The summed E-state index contributed by atoms with van der Waals surface area (Å²) in [5, 5.41) is 0.657. The van der Waals surface area contributed by atoms with E-state index in [0.717, 1.165) is 23.4 Å². The molecule has 0 fully saturated rings. The molecule has 0 unspecified atom stereocenters. The number of nitrogens with zero attached hydrogens (tertiary/aromatic N) is 2. The molecule has 0 aliphatic heterocycles. The number of hydrogen-bond acceptors (Lipinski definition) is 3. The molecule has 1 amide bonds. The number of amides is 1. The monoisotopic (exact) mass is 394 g/mol. The smallest absolute Gasteiger partial charge is 0.232 e. The predicted molar refractivity (Wildman–Crippen MR) is 100 cm³/mol. The van der Waals surface area contributed by atoms with E-state index in [4.69, 9.17) is 23.2 Å². The lowest BCUT2D eigenvalue weighted by Gasteiger charge is -2.26. The van der Waals surface area contributed by atoms with Crippen LogP contribution in [0.15, 0.2) is 18.2 Å². The molecule has 24 heavy (non-hydrogen) atoms. The second kappa shape index (κ2) is 9.49. The minimum absolute atomic E-state index is 0.0446. The second-order valence-corrected chi connectivity index (χ2v) is 8.31. The topological polar surface area (TPSA) is 57.7 Å². The van der Waals surface area contributed by atoms with Crippen molar-refractivity contribution < 1.29 is 13.2 Å². The number of rotatable bonds is 9. The van der Waals surface area contributed by atoms with Gasteiger partial charge >= 0.3 is 0 Å². The molecule has 1 aromatic rings. The van der Waals surface area contributed by atoms with Gasteiger partial charge in [0, 0.05) is 31.1 Å². The Labute approximate surface area is 154 Å². The lowest BCUT2D eigenvalue weighted by molar-refractivity contribution is -0.131. The molecule has 0 N–H and O–H groups in total. The zero-order chi connectivity index (χ0) is 18.3. The molecular formula is C16H24Cl2N2O3S. The van der Waals surface area contributed by atoms with Gasteiger partial charge in [-0.2, -0.15) is 0 Å². The minimum Gasteiger partial charge on any atom is -0.343 e. The van der Waals surface area contributed by atoms with Crippen LogP contribution in [0.1, 0.15) is 33.1 Å². The Morgan fingerprint density at radius 3 is 2.12 bits per heavy atom. The normalized spacial score (nSPS) is 11.4. The summed E-state index contributed by atoms with van der Waals surface area (Å²) in [5.74, 6) is -0.0579. The third-order valence-electron chi connectivity index (χ3n) is 3.45. The fourth-order valence-corrected chi connectivity index (χ4v) is 3.90. The molecule has 0 saturated carbocycles. The third-order valence-corrected chi connectivity index (χ3v) is 5.17. The first kappa shape index (κ1) is 21.1. The van der Waals surface area contributed by atoms with E-state index in [1.165, 1.54) is 6.07 Å². The molecule has 0 spiro atoms. The second-order valence-electron chi connectivity index (χ2n) is 5.56. The molecule has 0 saturated heterocycles. The van der Waals surface area contributed by atoms with Gasteiger partial charge in [0.15, 0.2) is 0 Å². The first-order chi connectivity index (χ1) is 11.2. The Morgan fingerprint density at radius 1 is 1.08 bits per heavy atom. The van der Waals surface area contributed by atoms with E-state index >= 15 is 0 Å². The SMILES string of the molecule is CCCN(CCC)C(=O)CCN(c1ccc(Cl)cc1Cl)S(C)(=O)=O. The number of benzene rings is 1. The van der Waals surface area contributed by atoms with Crippen LogP contribution < -0.4 is 4.31 Å². The van der Waals surface area contributed by atoms with Gasteiger partial charge in [-0.1, -0.05) is 37.0 Å². The maximum atomic E-state index is 12.4. The maximum Gasteiger partial charge on any atom is 0.232 e. The lowest BCUT2D eigenvalue weighted by atomic mass is 10.2. The molecule has 0 aromatic heterocycles. The first-order valence-corrected chi connectivity index (χ1v) is 10.5. The average Bonchev–Trinajstić information content (AvgIpc) is 2.47. The molecule has 0 aliphatic carbocycles. The first-order valence-electron chi connectivity index (χ1n) is 7.91. The Balaban J connectivity index is 2.94. The van der Waals surface area contributed by atoms with Gasteiger partial charge in [-0.3, -0.25) is 9.10 Å². The van der Waals surface area contributed by atoms with Crippen molar-refractivity contribution in [2.75, 3.05) is 30.2 Å². The van der Waals surface area contributed by atoms with Crippen LogP contribution in [0.4, 0.5) is 5.69 Å². The van der Waals surface area contributed by atoms with E-state index in [9.17, 15) is 13.2 Å². The van der Waals surface area contributed by atoms with Gasteiger partial charge in [-0.05, 0) is 31.0 Å². The van der Waals surface area contributed by atoms with Crippen LogP contribution in [0.2, 0.25) is 10.0 Å². The lowest BCUT2D eigenvalue weighted by Crippen LogP contribution is -2.37. The van der Waals surface area contributed by atoms with Gasteiger partial charge in [0.2, 0.25) is 15.9 Å². The van der Waals surface area contributed by atoms with E-state index < -0.39 is 10.0 Å². The van der Waals surface area contributed by atoms with Gasteiger partial charge in [-0.15, -0.1) is 0 Å². The maximum absolute atomic E-state index is 12.4. The predicted octanol–water partition coefficient (Wildman–Crippen LogP) is 3.80. The van der Waals surface area contributed by atoms with Crippen molar-refractivity contribution in [3.63, 3.8) is 0 Å². The van der Waals surface area contributed by atoms with Gasteiger partial charge in [0.05, 0.1) is 17.0 Å². The van der Waals surface area contributed by atoms with Crippen molar-refractivity contribution in [1.82, 2.24) is 4.90 Å². The van der Waals surface area contributed by atoms with E-state index in [0.29, 0.717) is 23.8 Å². The van der Waals surface area contributed by atoms with Crippen LogP contribution in [-0.4, -0.2) is 45.1 Å². The largest absolute Gasteiger partial charge is 0.343 e. The number of carbonyl (C=O) groups excluding carboxylic acids is 1. The third kappa shape index (κ3) is 6.15. The van der Waals surface area contributed by atoms with Crippen molar-refractivity contribution in [1.29, 1.82) is 0 Å². The quantitative estimate of drug-likeness (QED) is 0.639. The van der Waals surface area contributed by atoms with Crippen LogP contribution in [-0.2, 0) is 14.8 Å². The highest BCUT2D eigenvalue weighted by Crippen LogP contribution is 2.30. The summed E-state index contributed by atoms with van der Waals surface area (Å²) < 4.78 is 25.4. The van der Waals surface area contributed by atoms with E-state index in [1.54, 1.807) is 17.0 Å². The van der Waals surface area contributed by atoms with Crippen LogP contribution in [0.25, 0.3) is 0 Å². The zero-order valence-corrected chi connectivity index (χ0v) is 16.6. The molecule has 0 aliphatic rings. The van der Waals surface area contributed by atoms with Crippen LogP contribution >= 0.6 is 23.2 Å². The molecule has 0 bridgehead atoms. The van der Waals surface area contributed by atoms with E-state index in [1.807, 2.05) is 13.8 Å². The number of hydrogen-bond donors (Lipinski definition) is 0. The van der Waals surface area contributed by atoms with E-state index in [2.05, 4.69) is 0 Å². The summed E-state index contributed by atoms with van der Waals surface area (Å²) in [6.07, 6.45) is 2.93. The summed E-state index contributed by atoms with van der Waals surface area (Å²) in [4.78, 5) is 14.1.